The summed E-state index contributed by atoms with van der Waals surface area (Å²) in [6.45, 7) is 2.01. The largest absolute Gasteiger partial charge is 0.464 e. The number of aryl methyl sites for hydroxylation is 1. The number of ether oxygens (including phenoxy) is 1. The number of hydrogen-bond acceptors (Lipinski definition) is 5. The van der Waals surface area contributed by atoms with Crippen LogP contribution < -0.4 is 10.6 Å². The highest BCUT2D eigenvalue weighted by molar-refractivity contribution is 5.96. The molecular weight excluding hydrogens is 280 g/mol. The standard InChI is InChI=1S/C16H18N4O2/c1-10-5-6-12(7-13(10)19(2)3)20-9-11(8-17)14(18)15(20)16(21)22-4/h5-7,9H,18H2,1-4H3. The summed E-state index contributed by atoms with van der Waals surface area (Å²) in [5, 5.41) is 9.14. The van der Waals surface area contributed by atoms with Gasteiger partial charge in [0.2, 0.25) is 0 Å². The van der Waals surface area contributed by atoms with Gasteiger partial charge in [-0.2, -0.15) is 5.26 Å². The Morgan fingerprint density at radius 1 is 1.41 bits per heavy atom. The number of nitrogen functional groups attached to an aromatic ring is 1. The molecule has 0 radical (unpaired) electrons. The van der Waals surface area contributed by atoms with Crippen molar-refractivity contribution in [3.05, 3.63) is 41.2 Å². The van der Waals surface area contributed by atoms with Crippen molar-refractivity contribution in [2.45, 2.75) is 6.92 Å². The number of anilines is 2. The Kier molecular flexibility index (Phi) is 4.08. The maximum absolute atomic E-state index is 12.0. The number of nitrogens with two attached hydrogens (primary N) is 1. The van der Waals surface area contributed by atoms with Crippen molar-refractivity contribution in [3.63, 3.8) is 0 Å². The number of carbonyl (C=O) groups excluding carboxylic acids is 1. The Bertz CT molecular complexity index is 769. The number of rotatable bonds is 3. The fourth-order valence-electron chi connectivity index (χ4n) is 2.35. The van der Waals surface area contributed by atoms with Gasteiger partial charge in [0.25, 0.3) is 0 Å². The van der Waals surface area contributed by atoms with E-state index in [0.29, 0.717) is 0 Å². The van der Waals surface area contributed by atoms with Gasteiger partial charge in [0.05, 0.1) is 18.4 Å². The highest BCUT2D eigenvalue weighted by Crippen LogP contribution is 2.28. The Morgan fingerprint density at radius 3 is 2.64 bits per heavy atom. The number of hydrogen-bond donors (Lipinski definition) is 1. The number of carbonyl (C=O) groups is 1. The van der Waals surface area contributed by atoms with E-state index in [9.17, 15) is 4.79 Å². The van der Waals surface area contributed by atoms with Gasteiger partial charge in [0, 0.05) is 31.7 Å². The molecule has 0 saturated heterocycles. The molecule has 0 aliphatic rings. The zero-order chi connectivity index (χ0) is 16.4. The predicted octanol–water partition coefficient (Wildman–Crippen LogP) is 2.09. The van der Waals surface area contributed by atoms with Crippen molar-refractivity contribution in [3.8, 4) is 11.8 Å². The Morgan fingerprint density at radius 2 is 2.09 bits per heavy atom. The average molecular weight is 298 g/mol. The topological polar surface area (TPSA) is 84.3 Å². The number of methoxy groups -OCH3 is 1. The number of nitriles is 1. The lowest BCUT2D eigenvalue weighted by molar-refractivity contribution is 0.0593. The van der Waals surface area contributed by atoms with Crippen molar-refractivity contribution in [2.24, 2.45) is 0 Å². The Hall–Kier alpha value is -2.94. The first-order chi connectivity index (χ1) is 10.4. The first kappa shape index (κ1) is 15.4. The van der Waals surface area contributed by atoms with Gasteiger partial charge < -0.3 is 19.9 Å². The smallest absolute Gasteiger partial charge is 0.357 e. The molecule has 0 aliphatic carbocycles. The quantitative estimate of drug-likeness (QED) is 0.877. The van der Waals surface area contributed by atoms with Crippen LogP contribution in [0.3, 0.4) is 0 Å². The normalized spacial score (nSPS) is 10.1. The van der Waals surface area contributed by atoms with Crippen LogP contribution >= 0.6 is 0 Å². The van der Waals surface area contributed by atoms with Crippen LogP contribution in [0, 0.1) is 18.3 Å². The molecule has 0 bridgehead atoms. The summed E-state index contributed by atoms with van der Waals surface area (Å²) in [5.41, 5.74) is 9.29. The van der Waals surface area contributed by atoms with E-state index in [4.69, 9.17) is 15.7 Å². The van der Waals surface area contributed by atoms with Gasteiger partial charge in [-0.1, -0.05) is 6.07 Å². The van der Waals surface area contributed by atoms with Gasteiger partial charge in [-0.15, -0.1) is 0 Å². The lowest BCUT2D eigenvalue weighted by Gasteiger charge is -2.18. The van der Waals surface area contributed by atoms with Gasteiger partial charge in [0.15, 0.2) is 5.69 Å². The van der Waals surface area contributed by atoms with Gasteiger partial charge in [-0.05, 0) is 24.6 Å². The van der Waals surface area contributed by atoms with Gasteiger partial charge >= 0.3 is 5.97 Å². The van der Waals surface area contributed by atoms with E-state index in [2.05, 4.69) is 0 Å². The molecule has 22 heavy (non-hydrogen) atoms. The third-order valence-electron chi connectivity index (χ3n) is 3.50. The SMILES string of the molecule is COC(=O)c1c(N)c(C#N)cn1-c1ccc(C)c(N(C)C)c1. The van der Waals surface area contributed by atoms with E-state index in [1.807, 2.05) is 50.2 Å². The Balaban J connectivity index is 2.70. The van der Waals surface area contributed by atoms with Crippen molar-refractivity contribution in [2.75, 3.05) is 31.8 Å². The fourth-order valence-corrected chi connectivity index (χ4v) is 2.35. The average Bonchev–Trinajstić information content (AvgIpc) is 2.83. The lowest BCUT2D eigenvalue weighted by Crippen LogP contribution is -2.13. The van der Waals surface area contributed by atoms with E-state index in [1.54, 1.807) is 10.8 Å². The minimum absolute atomic E-state index is 0.126. The molecule has 0 fully saturated rings. The predicted molar refractivity (Wildman–Crippen MR) is 85.3 cm³/mol. The second kappa shape index (κ2) is 5.82. The minimum atomic E-state index is -0.578. The van der Waals surface area contributed by atoms with Crippen molar-refractivity contribution in [1.82, 2.24) is 4.57 Å². The molecule has 6 heteroatoms. The molecule has 1 aromatic carbocycles. The molecule has 0 atom stereocenters. The zero-order valence-corrected chi connectivity index (χ0v) is 13.0. The summed E-state index contributed by atoms with van der Waals surface area (Å²) in [6.07, 6.45) is 1.55. The fraction of sp³-hybridized carbons (Fsp3) is 0.250. The molecule has 114 valence electrons. The van der Waals surface area contributed by atoms with Crippen LogP contribution in [-0.4, -0.2) is 31.7 Å². The third kappa shape index (κ3) is 2.49. The second-order valence-corrected chi connectivity index (χ2v) is 5.14. The first-order valence-electron chi connectivity index (χ1n) is 6.68. The third-order valence-corrected chi connectivity index (χ3v) is 3.50. The number of aromatic nitrogens is 1. The van der Waals surface area contributed by atoms with E-state index in [0.717, 1.165) is 16.9 Å². The molecule has 2 N–H and O–H groups in total. The van der Waals surface area contributed by atoms with E-state index in [1.165, 1.54) is 7.11 Å². The summed E-state index contributed by atoms with van der Waals surface area (Å²) in [7, 11) is 5.17. The van der Waals surface area contributed by atoms with Crippen LogP contribution in [0.2, 0.25) is 0 Å². The summed E-state index contributed by atoms with van der Waals surface area (Å²) in [6, 6.07) is 7.75. The lowest BCUT2D eigenvalue weighted by atomic mass is 10.1. The highest BCUT2D eigenvalue weighted by Gasteiger charge is 2.22. The van der Waals surface area contributed by atoms with Gasteiger partial charge in [-0.3, -0.25) is 0 Å². The van der Waals surface area contributed by atoms with Crippen LogP contribution in [0.4, 0.5) is 11.4 Å². The number of benzene rings is 1. The maximum atomic E-state index is 12.0. The van der Waals surface area contributed by atoms with Crippen LogP contribution in [0.25, 0.3) is 5.69 Å². The summed E-state index contributed by atoms with van der Waals surface area (Å²) in [5.74, 6) is -0.578. The zero-order valence-electron chi connectivity index (χ0n) is 13.0. The first-order valence-corrected chi connectivity index (χ1v) is 6.68. The number of nitrogens with zero attached hydrogens (tertiary/aromatic N) is 3. The van der Waals surface area contributed by atoms with E-state index >= 15 is 0 Å². The van der Waals surface area contributed by atoms with Crippen LogP contribution in [0.5, 0.6) is 0 Å². The molecule has 1 heterocycles. The summed E-state index contributed by atoms with van der Waals surface area (Å²) >= 11 is 0. The summed E-state index contributed by atoms with van der Waals surface area (Å²) in [4.78, 5) is 14.0. The monoisotopic (exact) mass is 298 g/mol. The Labute approximate surface area is 129 Å². The second-order valence-electron chi connectivity index (χ2n) is 5.14. The van der Waals surface area contributed by atoms with Crippen LogP contribution in [0.15, 0.2) is 24.4 Å². The van der Waals surface area contributed by atoms with Crippen LogP contribution in [0.1, 0.15) is 21.6 Å². The van der Waals surface area contributed by atoms with E-state index < -0.39 is 5.97 Å². The molecule has 0 amide bonds. The van der Waals surface area contributed by atoms with Crippen molar-refractivity contribution >= 4 is 17.3 Å². The molecule has 0 spiro atoms. The highest BCUT2D eigenvalue weighted by atomic mass is 16.5. The molecule has 0 aliphatic heterocycles. The van der Waals surface area contributed by atoms with Crippen LogP contribution in [-0.2, 0) is 4.74 Å². The maximum Gasteiger partial charge on any atom is 0.357 e. The molecular formula is C16H18N4O2. The van der Waals surface area contributed by atoms with Crippen molar-refractivity contribution in [1.29, 1.82) is 5.26 Å². The van der Waals surface area contributed by atoms with E-state index in [-0.39, 0.29) is 16.9 Å². The molecule has 6 nitrogen and oxygen atoms in total. The molecule has 2 aromatic rings. The molecule has 0 unspecified atom stereocenters. The van der Waals surface area contributed by atoms with Crippen molar-refractivity contribution < 1.29 is 9.53 Å². The van der Waals surface area contributed by atoms with Gasteiger partial charge in [0.1, 0.15) is 6.07 Å². The molecule has 1 aromatic heterocycles. The molecule has 0 saturated carbocycles. The van der Waals surface area contributed by atoms with Gasteiger partial charge in [-0.25, -0.2) is 4.79 Å². The minimum Gasteiger partial charge on any atom is -0.464 e. The number of esters is 1. The molecule has 2 rings (SSSR count). The summed E-state index contributed by atoms with van der Waals surface area (Å²) < 4.78 is 6.37.